The average molecular weight is 131 g/mol. The van der Waals surface area contributed by atoms with Crippen molar-refractivity contribution in [2.75, 3.05) is 0 Å². The summed E-state index contributed by atoms with van der Waals surface area (Å²) in [4.78, 5) is 0. The topological polar surface area (TPSA) is 0 Å². The molecule has 0 saturated heterocycles. The van der Waals surface area contributed by atoms with E-state index in [1.165, 1.54) is 11.0 Å². The van der Waals surface area contributed by atoms with E-state index >= 15 is 0 Å². The van der Waals surface area contributed by atoms with Gasteiger partial charge < -0.3 is 0 Å². The third-order valence-electron chi connectivity index (χ3n) is 0.762. The largest absolute Gasteiger partial charge is 0.360 e. The van der Waals surface area contributed by atoms with E-state index in [2.05, 4.69) is 11.6 Å². The van der Waals surface area contributed by atoms with Crippen LogP contribution >= 0.6 is 12.4 Å². The summed E-state index contributed by atoms with van der Waals surface area (Å²) >= 11 is 0.332. The van der Waals surface area contributed by atoms with Crippen molar-refractivity contribution in [3.8, 4) is 0 Å². The lowest BCUT2D eigenvalue weighted by molar-refractivity contribution is 1.21. The molecular weight excluding hydrogens is 120 g/mol. The lowest BCUT2D eigenvalue weighted by atomic mass is 10.5. The van der Waals surface area contributed by atoms with E-state index < -0.39 is 0 Å². The molecule has 0 aliphatic carbocycles. The van der Waals surface area contributed by atoms with Crippen LogP contribution in [0, 0.1) is 0 Å². The first-order chi connectivity index (χ1) is 2.91. The number of halogens is 1. The molecule has 7 heavy (non-hydrogen) atoms. The summed E-state index contributed by atoms with van der Waals surface area (Å²) in [6, 6.07) is 0. The fourth-order valence-corrected chi connectivity index (χ4v) is 1.05. The molecule has 0 unspecified atom stereocenters. The predicted molar refractivity (Wildman–Crippen MR) is 38.5 cm³/mol. The van der Waals surface area contributed by atoms with E-state index in [-0.39, 0.29) is 12.4 Å². The first kappa shape index (κ1) is 10.7. The van der Waals surface area contributed by atoms with Gasteiger partial charge in [0.25, 0.3) is 0 Å². The highest BCUT2D eigenvalue weighted by atomic mass is 35.5. The highest BCUT2D eigenvalue weighted by molar-refractivity contribution is 6.33. The van der Waals surface area contributed by atoms with Crippen molar-refractivity contribution in [2.24, 2.45) is 0 Å². The fourth-order valence-electron chi connectivity index (χ4n) is 0.348. The minimum atomic E-state index is 0. The maximum Gasteiger partial charge on any atom is 0.360 e. The van der Waals surface area contributed by atoms with Crippen LogP contribution in [0.3, 0.4) is 0 Å². The Kier molecular flexibility index (Phi) is 15.2. The molecule has 0 aromatic carbocycles. The molecule has 0 spiro atoms. The zero-order chi connectivity index (χ0) is 4.83. The van der Waals surface area contributed by atoms with Crippen LogP contribution in [0.5, 0.6) is 0 Å². The summed E-state index contributed by atoms with van der Waals surface area (Å²) in [5.74, 6) is 0. The van der Waals surface area contributed by atoms with Gasteiger partial charge in [-0.3, -0.25) is 0 Å². The summed E-state index contributed by atoms with van der Waals surface area (Å²) in [5.41, 5.74) is 0. The Morgan fingerprint density at radius 2 is 2.29 bits per heavy atom. The Hall–Kier alpha value is 0.796. The molecule has 0 saturated carbocycles. The summed E-state index contributed by atoms with van der Waals surface area (Å²) in [6.45, 7) is 3.62. The van der Waals surface area contributed by atoms with Gasteiger partial charge >= 0.3 is 20.4 Å². The molecule has 0 aromatic heterocycles. The number of hydrogen-bond donors (Lipinski definition) is 0. The van der Waals surface area contributed by atoms with Crippen molar-refractivity contribution < 1.29 is 0 Å². The first-order valence-corrected chi connectivity index (χ1v) is 4.94. The summed E-state index contributed by atoms with van der Waals surface area (Å²) in [6.07, 6.45) is 3.24. The van der Waals surface area contributed by atoms with Gasteiger partial charge in [0.05, 0.1) is 0 Å². The molecule has 0 aromatic rings. The van der Waals surface area contributed by atoms with E-state index in [9.17, 15) is 0 Å². The first-order valence-electron chi connectivity index (χ1n) is 2.52. The molecular formula is C5H11ClMg. The van der Waals surface area contributed by atoms with Crippen LogP contribution < -0.4 is 0 Å². The number of allylic oxidation sites excluding steroid dienone is 1. The van der Waals surface area contributed by atoms with Gasteiger partial charge in [-0.2, -0.15) is 5.05 Å². The average Bonchev–Trinajstić information content (AvgIpc) is 1.61. The highest BCUT2D eigenvalue weighted by Gasteiger charge is 1.78. The Labute approximate surface area is 61.5 Å². The van der Waals surface area contributed by atoms with E-state index in [1.54, 1.807) is 0 Å². The SMILES string of the molecule is C=CC[CH2][Mg][CH3].Cl. The Bertz CT molecular complexity index is 37.1. The normalized spacial score (nSPS) is 5.86. The van der Waals surface area contributed by atoms with E-state index in [4.69, 9.17) is 0 Å². The molecule has 0 N–H and O–H groups in total. The summed E-state index contributed by atoms with van der Waals surface area (Å²) in [7, 11) is 0. The Morgan fingerprint density at radius 1 is 1.71 bits per heavy atom. The smallest absolute Gasteiger partial charge is 0.157 e. The quantitative estimate of drug-likeness (QED) is 0.312. The molecule has 0 heterocycles. The van der Waals surface area contributed by atoms with Gasteiger partial charge in [0, 0.05) is 0 Å². The van der Waals surface area contributed by atoms with Crippen molar-refractivity contribution >= 4 is 32.8 Å². The molecule has 2 heteroatoms. The van der Waals surface area contributed by atoms with Gasteiger partial charge in [0.15, 0.2) is 0 Å². The third-order valence-corrected chi connectivity index (χ3v) is 1.88. The van der Waals surface area contributed by atoms with Crippen molar-refractivity contribution in [1.29, 1.82) is 0 Å². The second kappa shape index (κ2) is 9.93. The van der Waals surface area contributed by atoms with Gasteiger partial charge in [-0.1, -0.05) is 12.5 Å². The minimum absolute atomic E-state index is 0. The van der Waals surface area contributed by atoms with Crippen LogP contribution in [0.2, 0.25) is 9.60 Å². The Balaban J connectivity index is 0. The van der Waals surface area contributed by atoms with Gasteiger partial charge in [-0.25, -0.2) is 0 Å². The van der Waals surface area contributed by atoms with Crippen LogP contribution in [-0.4, -0.2) is 20.4 Å². The maximum absolute atomic E-state index is 3.62. The van der Waals surface area contributed by atoms with Gasteiger partial charge in [0.2, 0.25) is 0 Å². The van der Waals surface area contributed by atoms with Crippen LogP contribution in [0.1, 0.15) is 6.42 Å². The number of hydrogen-bond acceptors (Lipinski definition) is 0. The monoisotopic (exact) mass is 130 g/mol. The van der Waals surface area contributed by atoms with Crippen molar-refractivity contribution in [1.82, 2.24) is 0 Å². The lowest BCUT2D eigenvalue weighted by Crippen LogP contribution is -1.74. The van der Waals surface area contributed by atoms with E-state index in [1.807, 2.05) is 6.08 Å². The van der Waals surface area contributed by atoms with E-state index in [0.29, 0.717) is 20.4 Å². The van der Waals surface area contributed by atoms with Gasteiger partial charge in [-0.05, 0) is 0 Å². The molecule has 0 fully saturated rings. The zero-order valence-electron chi connectivity index (χ0n) is 4.81. The molecule has 0 aliphatic rings. The molecule has 0 aliphatic heterocycles. The minimum Gasteiger partial charge on any atom is -0.157 e. The molecule has 0 amide bonds. The van der Waals surface area contributed by atoms with E-state index in [0.717, 1.165) is 0 Å². The number of rotatable bonds is 3. The molecule has 0 bridgehead atoms. The third kappa shape index (κ3) is 10.8. The fraction of sp³-hybridized carbons (Fsp3) is 0.600. The summed E-state index contributed by atoms with van der Waals surface area (Å²) in [5, 5.41) is 2.32. The van der Waals surface area contributed by atoms with Crippen LogP contribution in [0.4, 0.5) is 0 Å². The van der Waals surface area contributed by atoms with Crippen molar-refractivity contribution in [2.45, 2.75) is 16.0 Å². The second-order valence-electron chi connectivity index (χ2n) is 1.43. The molecule has 0 radical (unpaired) electrons. The highest BCUT2D eigenvalue weighted by Crippen LogP contribution is 1.85. The maximum atomic E-state index is 3.62. The molecule has 0 rings (SSSR count). The van der Waals surface area contributed by atoms with Crippen molar-refractivity contribution in [3.05, 3.63) is 12.7 Å². The second-order valence-corrected chi connectivity index (χ2v) is 3.14. The molecule has 0 nitrogen and oxygen atoms in total. The lowest BCUT2D eigenvalue weighted by Gasteiger charge is -1.78. The zero-order valence-corrected chi connectivity index (χ0v) is 7.04. The van der Waals surface area contributed by atoms with Crippen LogP contribution in [-0.2, 0) is 0 Å². The van der Waals surface area contributed by atoms with Crippen LogP contribution in [0.15, 0.2) is 12.7 Å². The standard InChI is InChI=1S/C4H7.CH3.ClH.Mg/c1-3-4-2;;;/h3H,1-2,4H2;1H3;1H;. The van der Waals surface area contributed by atoms with Gasteiger partial charge in [0.1, 0.15) is 0 Å². The molecule has 40 valence electrons. The van der Waals surface area contributed by atoms with Crippen molar-refractivity contribution in [3.63, 3.8) is 0 Å². The summed E-state index contributed by atoms with van der Waals surface area (Å²) < 4.78 is 1.43. The van der Waals surface area contributed by atoms with Gasteiger partial charge in [-0.15, -0.1) is 23.5 Å². The molecule has 0 atom stereocenters. The van der Waals surface area contributed by atoms with Crippen LogP contribution in [0.25, 0.3) is 0 Å². The Morgan fingerprint density at radius 3 is 2.43 bits per heavy atom. The predicted octanol–water partition coefficient (Wildman–Crippen LogP) is 2.15.